The fourth-order valence-corrected chi connectivity index (χ4v) is 7.05. The quantitative estimate of drug-likeness (QED) is 0.269. The van der Waals surface area contributed by atoms with Crippen molar-refractivity contribution in [1.29, 1.82) is 0 Å². The van der Waals surface area contributed by atoms with Gasteiger partial charge >= 0.3 is 0 Å². The zero-order valence-electron chi connectivity index (χ0n) is 23.6. The first-order valence-corrected chi connectivity index (χ1v) is 16.4. The number of nitrogens with one attached hydrogen (secondary N) is 1. The fraction of sp³-hybridized carbons (Fsp3) is 0.375. The van der Waals surface area contributed by atoms with Crippen molar-refractivity contribution in [3.63, 3.8) is 0 Å². The molecule has 7 nitrogen and oxygen atoms in total. The van der Waals surface area contributed by atoms with Crippen LogP contribution in [0.4, 0.5) is 5.69 Å². The molecule has 1 atom stereocenters. The summed E-state index contributed by atoms with van der Waals surface area (Å²) in [6.07, 6.45) is 4.99. The Bertz CT molecular complexity index is 1420. The maximum Gasteiger partial charge on any atom is 0.264 e. The molecule has 0 saturated heterocycles. The van der Waals surface area contributed by atoms with Crippen molar-refractivity contribution in [2.75, 3.05) is 17.4 Å². The predicted octanol–water partition coefficient (Wildman–Crippen LogP) is 5.86. The molecule has 1 aliphatic rings. The Morgan fingerprint density at radius 1 is 0.976 bits per heavy atom. The maximum atomic E-state index is 14.1. The molecule has 4 rings (SSSR count). The Balaban J connectivity index is 1.67. The topological polar surface area (TPSA) is 86.8 Å². The van der Waals surface area contributed by atoms with Crippen molar-refractivity contribution in [3.8, 4) is 0 Å². The minimum Gasteiger partial charge on any atom is -0.352 e. The van der Waals surface area contributed by atoms with E-state index in [-0.39, 0.29) is 23.4 Å². The normalized spacial score (nSPS) is 14.4. The number of rotatable bonds is 12. The van der Waals surface area contributed by atoms with Gasteiger partial charge in [0.25, 0.3) is 10.0 Å². The molecule has 0 aromatic heterocycles. The summed E-state index contributed by atoms with van der Waals surface area (Å²) in [7, 11) is -4.09. The average molecular weight is 641 g/mol. The van der Waals surface area contributed by atoms with Crippen LogP contribution in [0.15, 0.2) is 88.2 Å². The van der Waals surface area contributed by atoms with E-state index in [0.717, 1.165) is 41.1 Å². The van der Waals surface area contributed by atoms with E-state index in [0.29, 0.717) is 23.0 Å². The maximum absolute atomic E-state index is 14.1. The van der Waals surface area contributed by atoms with Crippen LogP contribution in [0, 0.1) is 6.92 Å². The highest BCUT2D eigenvalue weighted by Crippen LogP contribution is 2.27. The van der Waals surface area contributed by atoms with Gasteiger partial charge in [0.05, 0.1) is 10.6 Å². The van der Waals surface area contributed by atoms with Gasteiger partial charge in [-0.1, -0.05) is 89.8 Å². The van der Waals surface area contributed by atoms with Crippen LogP contribution in [0.2, 0.25) is 0 Å². The number of carbonyl (C=O) groups excluding carboxylic acids is 2. The summed E-state index contributed by atoms with van der Waals surface area (Å²) in [5.41, 5.74) is 2.33. The second-order valence-corrected chi connectivity index (χ2v) is 13.3. The monoisotopic (exact) mass is 639 g/mol. The van der Waals surface area contributed by atoms with Gasteiger partial charge in [-0.3, -0.25) is 13.9 Å². The van der Waals surface area contributed by atoms with E-state index >= 15 is 0 Å². The summed E-state index contributed by atoms with van der Waals surface area (Å²) in [6.45, 7) is 3.62. The molecule has 2 amide bonds. The molecule has 0 bridgehead atoms. The van der Waals surface area contributed by atoms with E-state index in [1.54, 1.807) is 53.4 Å². The number of sulfonamides is 1. The van der Waals surface area contributed by atoms with Crippen molar-refractivity contribution in [1.82, 2.24) is 10.2 Å². The number of carbonyl (C=O) groups is 2. The zero-order valence-corrected chi connectivity index (χ0v) is 26.0. The first-order valence-electron chi connectivity index (χ1n) is 14.2. The summed E-state index contributed by atoms with van der Waals surface area (Å²) < 4.78 is 29.7. The third-order valence-corrected chi connectivity index (χ3v) is 9.84. The smallest absolute Gasteiger partial charge is 0.264 e. The summed E-state index contributed by atoms with van der Waals surface area (Å²) in [5.74, 6) is -0.610. The molecular weight excluding hydrogens is 602 g/mol. The van der Waals surface area contributed by atoms with Crippen LogP contribution in [-0.2, 0) is 26.0 Å². The van der Waals surface area contributed by atoms with Crippen molar-refractivity contribution < 1.29 is 18.0 Å². The lowest BCUT2D eigenvalue weighted by Crippen LogP contribution is -2.54. The first kappa shape index (κ1) is 30.8. The van der Waals surface area contributed by atoms with Crippen LogP contribution in [0.1, 0.15) is 50.2 Å². The van der Waals surface area contributed by atoms with Gasteiger partial charge in [0.2, 0.25) is 11.8 Å². The van der Waals surface area contributed by atoms with Gasteiger partial charge in [0.15, 0.2) is 0 Å². The molecule has 0 spiro atoms. The highest BCUT2D eigenvalue weighted by Gasteiger charge is 2.34. The van der Waals surface area contributed by atoms with E-state index in [1.807, 2.05) is 44.2 Å². The van der Waals surface area contributed by atoms with Crippen LogP contribution >= 0.6 is 15.9 Å². The number of anilines is 1. The van der Waals surface area contributed by atoms with E-state index in [1.165, 1.54) is 0 Å². The number of amides is 2. The first-order chi connectivity index (χ1) is 19.7. The van der Waals surface area contributed by atoms with E-state index in [9.17, 15) is 18.0 Å². The van der Waals surface area contributed by atoms with Crippen LogP contribution in [0.5, 0.6) is 0 Å². The Hall–Kier alpha value is -3.17. The Labute approximate surface area is 252 Å². The van der Waals surface area contributed by atoms with Gasteiger partial charge in [0.1, 0.15) is 12.6 Å². The van der Waals surface area contributed by atoms with E-state index in [2.05, 4.69) is 21.2 Å². The van der Waals surface area contributed by atoms with Crippen molar-refractivity contribution in [3.05, 3.63) is 94.5 Å². The second kappa shape index (κ2) is 14.1. The predicted molar refractivity (Wildman–Crippen MR) is 166 cm³/mol. The van der Waals surface area contributed by atoms with Gasteiger partial charge in [-0.15, -0.1) is 0 Å². The van der Waals surface area contributed by atoms with Crippen molar-refractivity contribution in [2.45, 2.75) is 69.4 Å². The molecule has 3 aromatic rings. The minimum atomic E-state index is -4.09. The molecule has 1 fully saturated rings. The van der Waals surface area contributed by atoms with Gasteiger partial charge in [0, 0.05) is 17.1 Å². The summed E-state index contributed by atoms with van der Waals surface area (Å²) in [5, 5.41) is 3.15. The molecule has 1 saturated carbocycles. The summed E-state index contributed by atoms with van der Waals surface area (Å²) in [6, 6.07) is 22.6. The lowest BCUT2D eigenvalue weighted by atomic mass is 10.1. The van der Waals surface area contributed by atoms with Crippen LogP contribution in [0.3, 0.4) is 0 Å². The molecule has 3 aromatic carbocycles. The average Bonchev–Trinajstić information content (AvgIpc) is 3.47. The Morgan fingerprint density at radius 2 is 1.66 bits per heavy atom. The molecule has 0 aliphatic heterocycles. The van der Waals surface area contributed by atoms with Crippen LogP contribution < -0.4 is 9.62 Å². The highest BCUT2D eigenvalue weighted by atomic mass is 79.9. The van der Waals surface area contributed by atoms with Crippen molar-refractivity contribution in [2.24, 2.45) is 0 Å². The Kier molecular flexibility index (Phi) is 10.6. The fourth-order valence-electron chi connectivity index (χ4n) is 5.26. The molecule has 0 heterocycles. The van der Waals surface area contributed by atoms with E-state index < -0.39 is 28.5 Å². The molecule has 218 valence electrons. The molecule has 1 unspecified atom stereocenters. The molecule has 0 radical (unpaired) electrons. The largest absolute Gasteiger partial charge is 0.352 e. The summed E-state index contributed by atoms with van der Waals surface area (Å²) >= 11 is 3.43. The number of nitrogens with zero attached hydrogens (tertiary/aromatic N) is 2. The highest BCUT2D eigenvalue weighted by molar-refractivity contribution is 9.10. The van der Waals surface area contributed by atoms with Crippen molar-refractivity contribution >= 4 is 43.5 Å². The lowest BCUT2D eigenvalue weighted by Gasteiger charge is -2.33. The second-order valence-electron chi connectivity index (χ2n) is 10.5. The minimum absolute atomic E-state index is 0.0951. The zero-order chi connectivity index (χ0) is 29.4. The molecule has 9 heteroatoms. The number of hydrogen-bond acceptors (Lipinski definition) is 4. The third kappa shape index (κ3) is 7.98. The van der Waals surface area contributed by atoms with Crippen LogP contribution in [-0.4, -0.2) is 50.3 Å². The standard InChI is InChI=1S/C32H38BrN3O4S/c1-3-30(32(38)34-27-13-7-8-14-27)35(21-20-25-10-5-4-6-11-25)31(37)23-36(28-15-9-12-26(33)22-28)41(39,40)29-18-16-24(2)17-19-29/h4-6,9-12,15-19,22,27,30H,3,7-8,13-14,20-21,23H2,1-2H3,(H,34,38). The summed E-state index contributed by atoms with van der Waals surface area (Å²) in [4.78, 5) is 29.3. The third-order valence-electron chi connectivity index (χ3n) is 7.56. The molecule has 1 aliphatic carbocycles. The van der Waals surface area contributed by atoms with Gasteiger partial charge in [-0.2, -0.15) is 0 Å². The Morgan fingerprint density at radius 3 is 2.29 bits per heavy atom. The molecular formula is C32H38BrN3O4S. The lowest BCUT2D eigenvalue weighted by molar-refractivity contribution is -0.139. The SMILES string of the molecule is CCC(C(=O)NC1CCCC1)N(CCc1ccccc1)C(=O)CN(c1cccc(Br)c1)S(=O)(=O)c1ccc(C)cc1. The van der Waals surface area contributed by atoms with Gasteiger partial charge in [-0.25, -0.2) is 8.42 Å². The van der Waals surface area contributed by atoms with Crippen LogP contribution in [0.25, 0.3) is 0 Å². The van der Waals surface area contributed by atoms with E-state index in [4.69, 9.17) is 0 Å². The van der Waals surface area contributed by atoms with Gasteiger partial charge in [-0.05, 0) is 68.5 Å². The van der Waals surface area contributed by atoms with Gasteiger partial charge < -0.3 is 10.2 Å². The molecule has 1 N–H and O–H groups in total. The number of hydrogen-bond donors (Lipinski definition) is 1. The number of benzene rings is 3. The number of halogens is 1. The molecule has 41 heavy (non-hydrogen) atoms. The number of aryl methyl sites for hydroxylation is 1.